The van der Waals surface area contributed by atoms with Crippen molar-refractivity contribution >= 4 is 33.6 Å². The third-order valence-corrected chi connectivity index (χ3v) is 6.10. The monoisotopic (exact) mass is 453 g/mol. The Morgan fingerprint density at radius 2 is 1.82 bits per heavy atom. The van der Waals surface area contributed by atoms with Crippen LogP contribution in [0.5, 0.6) is 5.75 Å². The molecule has 0 atom stereocenters. The molecule has 8 nitrogen and oxygen atoms in total. The van der Waals surface area contributed by atoms with E-state index in [2.05, 4.69) is 15.1 Å². The highest BCUT2D eigenvalue weighted by Gasteiger charge is 2.24. The molecule has 2 heterocycles. The van der Waals surface area contributed by atoms with Crippen molar-refractivity contribution in [2.75, 3.05) is 12.8 Å². The molecular weight excluding hydrogens is 430 g/mol. The molecule has 0 aliphatic heterocycles. The average Bonchev–Trinajstić information content (AvgIpc) is 3.19. The standard InChI is InChI=1S/C26H23N5O3/c1-14-7-4-5-10-18(14)20-17(11-16-9-6-8-15(2)19(16)23(20)32)12-31-25-21(24(27)28-13-29-25)22(30-31)26(33)34-3/h4-11,13,32H,12H2,1-3H3,(H2,27,28,29). The number of nitrogens with zero attached hydrogens (tertiary/aromatic N) is 4. The van der Waals surface area contributed by atoms with E-state index in [0.29, 0.717) is 16.6 Å². The Kier molecular flexibility index (Phi) is 5.13. The van der Waals surface area contributed by atoms with Gasteiger partial charge in [0.15, 0.2) is 11.3 Å². The number of anilines is 1. The lowest BCUT2D eigenvalue weighted by molar-refractivity contribution is 0.0595. The number of phenolic OH excluding ortho intramolecular Hbond substituents is 1. The number of fused-ring (bicyclic) bond motifs is 2. The lowest BCUT2D eigenvalue weighted by Gasteiger charge is -2.18. The summed E-state index contributed by atoms with van der Waals surface area (Å²) in [5, 5.41) is 18.0. The molecule has 0 bridgehead atoms. The molecule has 0 fully saturated rings. The van der Waals surface area contributed by atoms with Crippen molar-refractivity contribution in [2.45, 2.75) is 20.4 Å². The van der Waals surface area contributed by atoms with Gasteiger partial charge >= 0.3 is 5.97 Å². The minimum atomic E-state index is -0.624. The van der Waals surface area contributed by atoms with Gasteiger partial charge in [0, 0.05) is 10.9 Å². The van der Waals surface area contributed by atoms with Gasteiger partial charge < -0.3 is 15.6 Å². The Bertz CT molecular complexity index is 1590. The number of nitrogen functional groups attached to an aromatic ring is 1. The molecule has 0 amide bonds. The van der Waals surface area contributed by atoms with E-state index in [1.165, 1.54) is 13.4 Å². The summed E-state index contributed by atoms with van der Waals surface area (Å²) in [6.07, 6.45) is 1.33. The number of esters is 1. The van der Waals surface area contributed by atoms with E-state index in [1.54, 1.807) is 4.68 Å². The normalized spacial score (nSPS) is 11.3. The Morgan fingerprint density at radius 1 is 1.06 bits per heavy atom. The Hall–Kier alpha value is -4.46. The minimum absolute atomic E-state index is 0.0499. The second-order valence-electron chi connectivity index (χ2n) is 8.20. The number of aromatic hydroxyl groups is 1. The van der Waals surface area contributed by atoms with E-state index in [-0.39, 0.29) is 23.8 Å². The van der Waals surface area contributed by atoms with Crippen LogP contribution in [0.25, 0.3) is 32.9 Å². The number of ether oxygens (including phenoxy) is 1. The maximum atomic E-state index is 12.4. The predicted octanol–water partition coefficient (Wildman–Crippen LogP) is 4.39. The summed E-state index contributed by atoms with van der Waals surface area (Å²) in [6.45, 7) is 4.23. The van der Waals surface area contributed by atoms with Gasteiger partial charge in [-0.05, 0) is 47.6 Å². The smallest absolute Gasteiger partial charge is 0.359 e. The van der Waals surface area contributed by atoms with Gasteiger partial charge in [0.05, 0.1) is 19.0 Å². The molecule has 0 saturated carbocycles. The van der Waals surface area contributed by atoms with Crippen LogP contribution < -0.4 is 5.73 Å². The van der Waals surface area contributed by atoms with Crippen molar-refractivity contribution in [3.8, 4) is 16.9 Å². The minimum Gasteiger partial charge on any atom is -0.507 e. The number of benzene rings is 3. The zero-order valence-corrected chi connectivity index (χ0v) is 19.0. The first-order valence-electron chi connectivity index (χ1n) is 10.8. The lowest BCUT2D eigenvalue weighted by Crippen LogP contribution is -2.08. The van der Waals surface area contributed by atoms with Crippen molar-refractivity contribution in [1.29, 1.82) is 0 Å². The SMILES string of the molecule is COC(=O)c1nn(Cc2cc3cccc(C)c3c(O)c2-c2ccccc2C)c2ncnc(N)c12. The molecule has 3 N–H and O–H groups in total. The summed E-state index contributed by atoms with van der Waals surface area (Å²) in [5.74, 6) is -0.271. The molecule has 5 rings (SSSR count). The first-order valence-corrected chi connectivity index (χ1v) is 10.8. The molecule has 0 aliphatic carbocycles. The van der Waals surface area contributed by atoms with Crippen LogP contribution >= 0.6 is 0 Å². The van der Waals surface area contributed by atoms with E-state index < -0.39 is 5.97 Å². The molecule has 0 unspecified atom stereocenters. The molecule has 0 spiro atoms. The fourth-order valence-corrected chi connectivity index (χ4v) is 4.49. The number of carbonyl (C=O) groups excluding carboxylic acids is 1. The first kappa shape index (κ1) is 21.4. The molecule has 34 heavy (non-hydrogen) atoms. The van der Waals surface area contributed by atoms with Gasteiger partial charge in [-0.25, -0.2) is 19.4 Å². The van der Waals surface area contributed by atoms with Crippen LogP contribution in [0.2, 0.25) is 0 Å². The summed E-state index contributed by atoms with van der Waals surface area (Å²) >= 11 is 0. The zero-order chi connectivity index (χ0) is 24.0. The van der Waals surface area contributed by atoms with Gasteiger partial charge in [-0.15, -0.1) is 0 Å². The molecule has 170 valence electrons. The topological polar surface area (TPSA) is 116 Å². The van der Waals surface area contributed by atoms with E-state index in [9.17, 15) is 9.90 Å². The van der Waals surface area contributed by atoms with Crippen molar-refractivity contribution < 1.29 is 14.6 Å². The Labute approximate surface area is 195 Å². The quantitative estimate of drug-likeness (QED) is 0.388. The molecule has 0 radical (unpaired) electrons. The number of aryl methyl sites for hydroxylation is 2. The average molecular weight is 454 g/mol. The van der Waals surface area contributed by atoms with Gasteiger partial charge in [0.2, 0.25) is 0 Å². The number of methoxy groups -OCH3 is 1. The summed E-state index contributed by atoms with van der Waals surface area (Å²) in [4.78, 5) is 20.7. The van der Waals surface area contributed by atoms with Gasteiger partial charge in [0.25, 0.3) is 0 Å². The van der Waals surface area contributed by atoms with Gasteiger partial charge in [-0.3, -0.25) is 0 Å². The summed E-state index contributed by atoms with van der Waals surface area (Å²) in [7, 11) is 1.28. The number of hydrogen-bond donors (Lipinski definition) is 2. The van der Waals surface area contributed by atoms with E-state index in [1.807, 2.05) is 62.4 Å². The molecule has 8 heteroatoms. The second-order valence-corrected chi connectivity index (χ2v) is 8.20. The highest BCUT2D eigenvalue weighted by Crippen LogP contribution is 2.42. The Balaban J connectivity index is 1.80. The highest BCUT2D eigenvalue weighted by atomic mass is 16.5. The maximum Gasteiger partial charge on any atom is 0.359 e. The van der Waals surface area contributed by atoms with Gasteiger partial charge in [0.1, 0.15) is 17.9 Å². The number of nitrogens with two attached hydrogens (primary N) is 1. The number of hydrogen-bond acceptors (Lipinski definition) is 7. The van der Waals surface area contributed by atoms with Crippen molar-refractivity contribution in [2.24, 2.45) is 0 Å². The summed E-state index contributed by atoms with van der Waals surface area (Å²) in [5.41, 5.74) is 11.0. The molecule has 0 aliphatic rings. The second kappa shape index (κ2) is 8.15. The van der Waals surface area contributed by atoms with Crippen LogP contribution in [0, 0.1) is 13.8 Å². The first-order chi connectivity index (χ1) is 16.4. The zero-order valence-electron chi connectivity index (χ0n) is 19.0. The van der Waals surface area contributed by atoms with Gasteiger partial charge in [-0.1, -0.05) is 42.5 Å². The fraction of sp³-hybridized carbons (Fsp3) is 0.154. The number of carbonyl (C=O) groups is 1. The van der Waals surface area contributed by atoms with Gasteiger partial charge in [-0.2, -0.15) is 5.10 Å². The molecule has 2 aromatic heterocycles. The van der Waals surface area contributed by atoms with E-state index in [0.717, 1.165) is 33.0 Å². The molecule has 5 aromatic rings. The van der Waals surface area contributed by atoms with E-state index >= 15 is 0 Å². The third-order valence-electron chi connectivity index (χ3n) is 6.10. The number of aromatic nitrogens is 4. The Morgan fingerprint density at radius 3 is 2.59 bits per heavy atom. The molecule has 0 saturated heterocycles. The highest BCUT2D eigenvalue weighted by molar-refractivity contribution is 6.05. The maximum absolute atomic E-state index is 12.4. The number of rotatable bonds is 4. The molecular formula is C26H23N5O3. The summed E-state index contributed by atoms with van der Waals surface area (Å²) < 4.78 is 6.49. The molecule has 3 aromatic carbocycles. The van der Waals surface area contributed by atoms with Crippen LogP contribution in [0.1, 0.15) is 27.2 Å². The van der Waals surface area contributed by atoms with Crippen LogP contribution in [0.15, 0.2) is 54.9 Å². The van der Waals surface area contributed by atoms with Crippen LogP contribution in [-0.4, -0.2) is 37.9 Å². The van der Waals surface area contributed by atoms with Crippen molar-refractivity contribution in [3.63, 3.8) is 0 Å². The largest absolute Gasteiger partial charge is 0.507 e. The fourth-order valence-electron chi connectivity index (χ4n) is 4.49. The van der Waals surface area contributed by atoms with Crippen LogP contribution in [0.4, 0.5) is 5.82 Å². The third kappa shape index (κ3) is 3.31. The number of phenols is 1. The lowest BCUT2D eigenvalue weighted by atomic mass is 9.90. The van der Waals surface area contributed by atoms with Crippen molar-refractivity contribution in [3.05, 3.63) is 77.2 Å². The van der Waals surface area contributed by atoms with Crippen molar-refractivity contribution in [1.82, 2.24) is 19.7 Å². The van der Waals surface area contributed by atoms with Crippen LogP contribution in [0.3, 0.4) is 0 Å². The summed E-state index contributed by atoms with van der Waals surface area (Å²) in [6, 6.07) is 15.8. The van der Waals surface area contributed by atoms with E-state index in [4.69, 9.17) is 10.5 Å². The van der Waals surface area contributed by atoms with Crippen LogP contribution in [-0.2, 0) is 11.3 Å². The predicted molar refractivity (Wildman–Crippen MR) is 131 cm³/mol.